The Morgan fingerprint density at radius 2 is 2.25 bits per heavy atom. The summed E-state index contributed by atoms with van der Waals surface area (Å²) in [6, 6.07) is 4.04. The molecule has 7 heteroatoms. The predicted molar refractivity (Wildman–Crippen MR) is 58.1 cm³/mol. The van der Waals surface area contributed by atoms with E-state index in [0.29, 0.717) is 30.8 Å². The van der Waals surface area contributed by atoms with Crippen molar-refractivity contribution in [3.63, 3.8) is 0 Å². The van der Waals surface area contributed by atoms with Crippen molar-refractivity contribution in [1.82, 2.24) is 20.4 Å². The Bertz CT molecular complexity index is 432. The zero-order valence-corrected chi connectivity index (χ0v) is 9.18. The lowest BCUT2D eigenvalue weighted by molar-refractivity contribution is 0.511. The smallest absolute Gasteiger partial charge is 0.315 e. The average Bonchev–Trinajstić information content (AvgIpc) is 2.76. The van der Waals surface area contributed by atoms with Crippen LogP contribution >= 0.6 is 11.6 Å². The first-order chi connectivity index (χ1) is 7.88. The molecule has 0 aromatic carbocycles. The van der Waals surface area contributed by atoms with E-state index >= 15 is 0 Å². The minimum Gasteiger partial charge on any atom is -0.408 e. The van der Waals surface area contributed by atoms with Gasteiger partial charge in [0, 0.05) is 18.5 Å². The van der Waals surface area contributed by atoms with Gasteiger partial charge in [0.2, 0.25) is 5.89 Å². The molecule has 0 amide bonds. The molecular weight excluding hydrogens is 230 g/mol. The van der Waals surface area contributed by atoms with E-state index in [1.54, 1.807) is 6.20 Å². The molecule has 16 heavy (non-hydrogen) atoms. The molecular formula is C9H10ClN5O. The van der Waals surface area contributed by atoms with Crippen molar-refractivity contribution in [1.29, 1.82) is 0 Å². The molecule has 0 aliphatic heterocycles. The molecule has 6 nitrogen and oxygen atoms in total. The Hall–Kier alpha value is -1.69. The molecule has 0 aliphatic carbocycles. The lowest BCUT2D eigenvalue weighted by atomic mass is 10.4. The van der Waals surface area contributed by atoms with Crippen LogP contribution in [0.15, 0.2) is 22.7 Å². The number of alkyl halides is 1. The van der Waals surface area contributed by atoms with Crippen molar-refractivity contribution >= 4 is 17.6 Å². The fourth-order valence-corrected chi connectivity index (χ4v) is 1.26. The highest BCUT2D eigenvalue weighted by Crippen LogP contribution is 2.07. The fraction of sp³-hybridized carbons (Fsp3) is 0.333. The van der Waals surface area contributed by atoms with Gasteiger partial charge in [0.05, 0.1) is 12.2 Å². The Balaban J connectivity index is 1.89. The number of nitrogens with one attached hydrogen (secondary N) is 1. The summed E-state index contributed by atoms with van der Waals surface area (Å²) in [6.45, 7) is 0.496. The molecule has 2 aromatic heterocycles. The molecule has 2 rings (SSSR count). The molecule has 0 saturated carbocycles. The molecule has 2 heterocycles. The summed E-state index contributed by atoms with van der Waals surface area (Å²) < 4.78 is 5.28. The molecule has 0 saturated heterocycles. The van der Waals surface area contributed by atoms with Crippen LogP contribution < -0.4 is 5.32 Å². The van der Waals surface area contributed by atoms with Crippen LogP contribution in [0, 0.1) is 0 Å². The third kappa shape index (κ3) is 2.90. The normalized spacial score (nSPS) is 10.3. The van der Waals surface area contributed by atoms with Gasteiger partial charge in [-0.25, -0.2) is 0 Å². The van der Waals surface area contributed by atoms with Gasteiger partial charge in [-0.1, -0.05) is 5.10 Å². The van der Waals surface area contributed by atoms with Gasteiger partial charge in [-0.3, -0.25) is 0 Å². The van der Waals surface area contributed by atoms with E-state index in [2.05, 4.69) is 25.7 Å². The molecule has 84 valence electrons. The summed E-state index contributed by atoms with van der Waals surface area (Å²) in [7, 11) is 0. The second kappa shape index (κ2) is 5.41. The molecule has 0 fully saturated rings. The van der Waals surface area contributed by atoms with Crippen molar-refractivity contribution in [2.24, 2.45) is 0 Å². The lowest BCUT2D eigenvalue weighted by Crippen LogP contribution is -2.02. The summed E-state index contributed by atoms with van der Waals surface area (Å²) in [5.74, 6) is 0.989. The summed E-state index contributed by atoms with van der Waals surface area (Å²) in [5.41, 5.74) is 0.805. The Morgan fingerprint density at radius 1 is 1.31 bits per heavy atom. The van der Waals surface area contributed by atoms with E-state index < -0.39 is 0 Å². The van der Waals surface area contributed by atoms with Gasteiger partial charge in [0.1, 0.15) is 0 Å². The van der Waals surface area contributed by atoms with Crippen molar-refractivity contribution in [3.05, 3.63) is 29.9 Å². The molecule has 1 N–H and O–H groups in total. The molecule has 0 radical (unpaired) electrons. The standard InChI is InChI=1S/C9H10ClN5O/c10-4-3-8-14-15-9(16-8)11-6-7-2-1-5-12-13-7/h1-2,5H,3-4,6H2,(H,11,15). The first-order valence-corrected chi connectivity index (χ1v) is 5.31. The highest BCUT2D eigenvalue weighted by molar-refractivity contribution is 6.17. The van der Waals surface area contributed by atoms with Crippen molar-refractivity contribution in [2.45, 2.75) is 13.0 Å². The van der Waals surface area contributed by atoms with Crippen LogP contribution in [0.1, 0.15) is 11.6 Å². The van der Waals surface area contributed by atoms with Crippen LogP contribution in [0.2, 0.25) is 0 Å². The van der Waals surface area contributed by atoms with Crippen LogP contribution in [-0.2, 0) is 13.0 Å². The van der Waals surface area contributed by atoms with E-state index in [9.17, 15) is 0 Å². The number of aromatic nitrogens is 4. The van der Waals surface area contributed by atoms with Gasteiger partial charge in [-0.2, -0.15) is 10.2 Å². The monoisotopic (exact) mass is 239 g/mol. The Morgan fingerprint density at radius 3 is 3.00 bits per heavy atom. The molecule has 0 spiro atoms. The van der Waals surface area contributed by atoms with E-state index in [1.807, 2.05) is 12.1 Å². The summed E-state index contributed by atoms with van der Waals surface area (Å²) >= 11 is 5.55. The predicted octanol–water partition coefficient (Wildman–Crippen LogP) is 1.25. The van der Waals surface area contributed by atoms with Crippen LogP contribution in [0.25, 0.3) is 0 Å². The second-order valence-electron chi connectivity index (χ2n) is 3.01. The summed E-state index contributed by atoms with van der Waals surface area (Å²) in [6.07, 6.45) is 2.19. The second-order valence-corrected chi connectivity index (χ2v) is 3.39. The van der Waals surface area contributed by atoms with Crippen LogP contribution in [0.3, 0.4) is 0 Å². The quantitative estimate of drug-likeness (QED) is 0.792. The van der Waals surface area contributed by atoms with Gasteiger partial charge < -0.3 is 9.73 Å². The van der Waals surface area contributed by atoms with Crippen LogP contribution in [0.4, 0.5) is 6.01 Å². The average molecular weight is 240 g/mol. The molecule has 0 aliphatic rings. The third-order valence-corrected chi connectivity index (χ3v) is 2.01. The third-order valence-electron chi connectivity index (χ3n) is 1.82. The first kappa shape index (κ1) is 10.8. The van der Waals surface area contributed by atoms with E-state index in [4.69, 9.17) is 16.0 Å². The molecule has 0 bridgehead atoms. The minimum atomic E-state index is 0.366. The van der Waals surface area contributed by atoms with Crippen molar-refractivity contribution < 1.29 is 4.42 Å². The van der Waals surface area contributed by atoms with Crippen molar-refractivity contribution in [3.8, 4) is 0 Å². The zero-order valence-electron chi connectivity index (χ0n) is 8.43. The minimum absolute atomic E-state index is 0.366. The fourth-order valence-electron chi connectivity index (χ4n) is 1.10. The number of rotatable bonds is 5. The summed E-state index contributed by atoms with van der Waals surface area (Å²) in [4.78, 5) is 0. The number of hydrogen-bond donors (Lipinski definition) is 1. The highest BCUT2D eigenvalue weighted by Gasteiger charge is 2.04. The van der Waals surface area contributed by atoms with Gasteiger partial charge in [-0.15, -0.1) is 16.7 Å². The van der Waals surface area contributed by atoms with Crippen molar-refractivity contribution in [2.75, 3.05) is 11.2 Å². The maximum absolute atomic E-state index is 5.55. The number of aryl methyl sites for hydroxylation is 1. The lowest BCUT2D eigenvalue weighted by Gasteiger charge is -1.98. The molecule has 2 aromatic rings. The summed E-state index contributed by atoms with van der Waals surface area (Å²) in [5, 5.41) is 18.3. The van der Waals surface area contributed by atoms with E-state index in [1.165, 1.54) is 0 Å². The van der Waals surface area contributed by atoms with Crippen LogP contribution in [-0.4, -0.2) is 26.3 Å². The van der Waals surface area contributed by atoms with Gasteiger partial charge in [0.25, 0.3) is 0 Å². The van der Waals surface area contributed by atoms with E-state index in [0.717, 1.165) is 5.69 Å². The van der Waals surface area contributed by atoms with Gasteiger partial charge >= 0.3 is 6.01 Å². The Kier molecular flexibility index (Phi) is 3.66. The number of nitrogens with zero attached hydrogens (tertiary/aromatic N) is 4. The SMILES string of the molecule is ClCCc1nnc(NCc2cccnn2)o1. The number of halogens is 1. The highest BCUT2D eigenvalue weighted by atomic mass is 35.5. The number of hydrogen-bond acceptors (Lipinski definition) is 6. The Labute approximate surface area is 97.0 Å². The molecule has 0 unspecified atom stereocenters. The zero-order chi connectivity index (χ0) is 11.2. The van der Waals surface area contributed by atoms with Crippen LogP contribution in [0.5, 0.6) is 0 Å². The van der Waals surface area contributed by atoms with E-state index in [-0.39, 0.29) is 0 Å². The van der Waals surface area contributed by atoms with Gasteiger partial charge in [-0.05, 0) is 12.1 Å². The largest absolute Gasteiger partial charge is 0.408 e. The number of anilines is 1. The maximum Gasteiger partial charge on any atom is 0.315 e. The van der Waals surface area contributed by atoms with Gasteiger partial charge in [0.15, 0.2) is 0 Å². The maximum atomic E-state index is 5.55. The topological polar surface area (TPSA) is 76.7 Å². The first-order valence-electron chi connectivity index (χ1n) is 4.77. The molecule has 0 atom stereocenters.